The van der Waals surface area contributed by atoms with Crippen LogP contribution in [0.2, 0.25) is 0 Å². The van der Waals surface area contributed by atoms with Crippen LogP contribution in [0.4, 0.5) is 22.8 Å². The number of urea groups is 2. The number of carbonyl (C=O) groups is 3. The van der Waals surface area contributed by atoms with Crippen LogP contribution in [0.5, 0.6) is 0 Å². The maximum absolute atomic E-state index is 12.7. The second kappa shape index (κ2) is 20.5. The van der Waals surface area contributed by atoms with Crippen LogP contribution in [0.3, 0.4) is 0 Å². The van der Waals surface area contributed by atoms with Gasteiger partial charge in [0.1, 0.15) is 0 Å². The molecule has 3 aromatic carbocycles. The smallest absolute Gasteiger partial charge is 0.475 e. The highest BCUT2D eigenvalue weighted by Gasteiger charge is 2.44. The van der Waals surface area contributed by atoms with Gasteiger partial charge >= 0.3 is 24.2 Å². The van der Waals surface area contributed by atoms with Crippen molar-refractivity contribution >= 4 is 18.0 Å². The molecule has 13 heteroatoms. The highest BCUT2D eigenvalue weighted by atomic mass is 19.4. The molecule has 5 N–H and O–H groups in total. The van der Waals surface area contributed by atoms with Crippen LogP contribution in [0.15, 0.2) is 72.8 Å². The van der Waals surface area contributed by atoms with Crippen LogP contribution in [0.1, 0.15) is 147 Å². The molecule has 4 amide bonds. The van der Waals surface area contributed by atoms with Gasteiger partial charge in [0.25, 0.3) is 0 Å². The minimum Gasteiger partial charge on any atom is -0.475 e. The summed E-state index contributed by atoms with van der Waals surface area (Å²) in [5.41, 5.74) is 8.74. The van der Waals surface area contributed by atoms with Gasteiger partial charge in [-0.3, -0.25) is 9.80 Å². The van der Waals surface area contributed by atoms with Crippen molar-refractivity contribution in [2.75, 3.05) is 26.2 Å². The molecule has 1 unspecified atom stereocenters. The fourth-order valence-electron chi connectivity index (χ4n) is 11.8. The van der Waals surface area contributed by atoms with E-state index in [1.165, 1.54) is 88.4 Å². The average molecular weight is 871 g/mol. The predicted molar refractivity (Wildman–Crippen MR) is 237 cm³/mol. The molecule has 9 rings (SSSR count). The van der Waals surface area contributed by atoms with Crippen LogP contribution < -0.4 is 21.3 Å². The first kappa shape index (κ1) is 45.0. The minimum atomic E-state index is -5.08. The zero-order valence-electron chi connectivity index (χ0n) is 36.4. The summed E-state index contributed by atoms with van der Waals surface area (Å²) in [6.45, 7) is 3.66. The highest BCUT2D eigenvalue weighted by Crippen LogP contribution is 2.54. The van der Waals surface area contributed by atoms with Crippen LogP contribution >= 0.6 is 0 Å². The number of carboxylic acids is 1. The molecule has 3 aromatic rings. The topological polar surface area (TPSA) is 126 Å². The van der Waals surface area contributed by atoms with E-state index in [4.69, 9.17) is 9.90 Å². The maximum Gasteiger partial charge on any atom is 0.490 e. The number of hydrogen-bond donors (Lipinski definition) is 5. The number of carboxylic acid groups (broad SMARTS) is 1. The van der Waals surface area contributed by atoms with Gasteiger partial charge in [0.05, 0.1) is 0 Å². The van der Waals surface area contributed by atoms with Gasteiger partial charge in [0, 0.05) is 49.3 Å². The second-order valence-corrected chi connectivity index (χ2v) is 18.9. The Morgan fingerprint density at radius 2 is 0.841 bits per heavy atom. The van der Waals surface area contributed by atoms with Crippen molar-refractivity contribution in [1.82, 2.24) is 31.1 Å². The van der Waals surface area contributed by atoms with E-state index in [2.05, 4.69) is 104 Å². The fourth-order valence-corrected chi connectivity index (χ4v) is 11.8. The van der Waals surface area contributed by atoms with Crippen LogP contribution in [0.25, 0.3) is 0 Å². The van der Waals surface area contributed by atoms with E-state index in [-0.39, 0.29) is 24.1 Å². The average Bonchev–Trinajstić information content (AvgIpc) is 4.05. The Kier molecular flexibility index (Phi) is 14.6. The SMILES string of the molecule is O=C(NCCc1ccc(CCNC(=O)NC2CCC(CCN3[C@@H]4CC[C@H]3c3ccccc34)CC2)cc1)NC1CCC(CCN2C3CC[C@@H]2c2ccccc23)CC1.O=C(O)C(F)(F)F. The third kappa shape index (κ3) is 11.2. The van der Waals surface area contributed by atoms with E-state index in [9.17, 15) is 22.8 Å². The van der Waals surface area contributed by atoms with Crippen molar-refractivity contribution in [1.29, 1.82) is 0 Å². The second-order valence-electron chi connectivity index (χ2n) is 18.9. The standard InChI is InChI=1S/C48H64N6O2.C2HF3O2/c55-47(51-37-17-13-35(14-18-37)27-31-53-43-21-22-44(53)40-6-2-1-5-39(40)43)49-29-25-33-9-11-34(12-10-33)26-30-50-48(56)52-38-19-15-36(16-20-38)28-32-54-45-23-24-46(54)42-8-4-3-7-41(42)45;3-2(4,5)1(6)7/h1-12,35-38,43-46H,13-32H2,(H2,49,51,55)(H2,50,52,56);(H,6,7)/t35?,36?,37?,38?,43-,44+,45-,46?;/m1./s1. The van der Waals surface area contributed by atoms with Crippen molar-refractivity contribution in [3.63, 3.8) is 0 Å². The van der Waals surface area contributed by atoms with Gasteiger partial charge in [-0.25, -0.2) is 14.4 Å². The number of nitrogens with zero attached hydrogens (tertiary/aromatic N) is 2. The Balaban J connectivity index is 0.000000719. The lowest BCUT2D eigenvalue weighted by molar-refractivity contribution is -0.192. The quantitative estimate of drug-likeness (QED) is 0.110. The number of alkyl halides is 3. The number of amides is 4. The molecule has 10 nitrogen and oxygen atoms in total. The molecule has 2 saturated carbocycles. The van der Waals surface area contributed by atoms with E-state index in [1.807, 2.05) is 0 Å². The number of rotatable bonds is 14. The number of aliphatic carboxylic acids is 1. The molecule has 6 aliphatic rings. The molecular weight excluding hydrogens is 806 g/mol. The molecule has 4 heterocycles. The van der Waals surface area contributed by atoms with Crippen LogP contribution in [-0.4, -0.2) is 77.4 Å². The Bertz CT molecular complexity index is 1820. The number of nitrogens with one attached hydrogen (secondary N) is 4. The number of carbonyl (C=O) groups excluding carboxylic acids is 2. The van der Waals surface area contributed by atoms with E-state index in [0.29, 0.717) is 37.3 Å². The summed E-state index contributed by atoms with van der Waals surface area (Å²) in [6, 6.07) is 29.8. The van der Waals surface area contributed by atoms with Crippen molar-refractivity contribution < 1.29 is 32.7 Å². The third-order valence-electron chi connectivity index (χ3n) is 15.1. The normalized spacial score (nSPS) is 27.2. The zero-order valence-corrected chi connectivity index (χ0v) is 36.4. The molecule has 4 atom stereocenters. The Morgan fingerprint density at radius 1 is 0.524 bits per heavy atom. The van der Waals surface area contributed by atoms with E-state index < -0.39 is 12.1 Å². The minimum absolute atomic E-state index is 0.0374. The largest absolute Gasteiger partial charge is 0.490 e. The molecule has 63 heavy (non-hydrogen) atoms. The summed E-state index contributed by atoms with van der Waals surface area (Å²) < 4.78 is 31.7. The summed E-state index contributed by atoms with van der Waals surface area (Å²) in [6.07, 6.45) is 13.5. The first-order chi connectivity index (χ1) is 30.5. The molecule has 2 saturated heterocycles. The first-order valence-electron chi connectivity index (χ1n) is 23.7. The van der Waals surface area contributed by atoms with Gasteiger partial charge < -0.3 is 26.4 Å². The van der Waals surface area contributed by atoms with E-state index >= 15 is 0 Å². The molecule has 4 fully saturated rings. The Hall–Kier alpha value is -4.62. The zero-order chi connectivity index (χ0) is 43.9. The van der Waals surface area contributed by atoms with Crippen molar-refractivity contribution in [3.05, 3.63) is 106 Å². The highest BCUT2D eigenvalue weighted by molar-refractivity contribution is 5.74. The summed E-state index contributed by atoms with van der Waals surface area (Å²) in [7, 11) is 0. The fraction of sp³-hybridized carbons (Fsp3) is 0.580. The van der Waals surface area contributed by atoms with Gasteiger partial charge in [0.2, 0.25) is 0 Å². The van der Waals surface area contributed by atoms with Gasteiger partial charge in [-0.05, 0) is 161 Å². The molecule has 4 bridgehead atoms. The van der Waals surface area contributed by atoms with Gasteiger partial charge in [0.15, 0.2) is 0 Å². The summed E-state index contributed by atoms with van der Waals surface area (Å²) >= 11 is 0. The third-order valence-corrected chi connectivity index (χ3v) is 15.1. The summed E-state index contributed by atoms with van der Waals surface area (Å²) in [5, 5.41) is 19.8. The van der Waals surface area contributed by atoms with Crippen molar-refractivity contribution in [2.45, 2.75) is 145 Å². The number of halogens is 3. The molecule has 0 aromatic heterocycles. The van der Waals surface area contributed by atoms with Crippen molar-refractivity contribution in [3.8, 4) is 0 Å². The lowest BCUT2D eigenvalue weighted by atomic mass is 9.84. The van der Waals surface area contributed by atoms with Crippen LogP contribution in [-0.2, 0) is 17.6 Å². The lowest BCUT2D eigenvalue weighted by Crippen LogP contribution is -2.44. The predicted octanol–water partition coefficient (Wildman–Crippen LogP) is 9.68. The Labute approximate surface area is 370 Å². The molecule has 340 valence electrons. The monoisotopic (exact) mass is 871 g/mol. The summed E-state index contributed by atoms with van der Waals surface area (Å²) in [4.78, 5) is 39.8. The lowest BCUT2D eigenvalue weighted by Gasteiger charge is -2.31. The molecule has 4 aliphatic heterocycles. The first-order valence-corrected chi connectivity index (χ1v) is 23.7. The molecule has 0 spiro atoms. The molecule has 2 aliphatic carbocycles. The molecular formula is C50H65F3N6O4. The van der Waals surface area contributed by atoms with E-state index in [0.717, 1.165) is 50.4 Å². The summed E-state index contributed by atoms with van der Waals surface area (Å²) in [5.74, 6) is -1.21. The number of hydrogen-bond acceptors (Lipinski definition) is 5. The number of fused-ring (bicyclic) bond motifs is 10. The maximum atomic E-state index is 12.7. The van der Waals surface area contributed by atoms with Gasteiger partial charge in [-0.15, -0.1) is 0 Å². The van der Waals surface area contributed by atoms with E-state index in [1.54, 1.807) is 22.3 Å². The molecule has 0 radical (unpaired) electrons. The van der Waals surface area contributed by atoms with Gasteiger partial charge in [-0.2, -0.15) is 13.2 Å². The van der Waals surface area contributed by atoms with Crippen molar-refractivity contribution in [2.24, 2.45) is 11.8 Å². The van der Waals surface area contributed by atoms with Crippen LogP contribution in [0, 0.1) is 11.8 Å². The van der Waals surface area contributed by atoms with Gasteiger partial charge in [-0.1, -0.05) is 72.8 Å². The Morgan fingerprint density at radius 3 is 1.14 bits per heavy atom. The number of benzene rings is 3.